The van der Waals surface area contributed by atoms with Crippen LogP contribution in [-0.4, -0.2) is 54.3 Å². The minimum Gasteiger partial charge on any atom is -0.367 e. The average Bonchev–Trinajstić information content (AvgIpc) is 3.10. The molecule has 5 aromatic rings. The SMILES string of the molecule is Cc1ccc(C(c2ccc(Cl)cc2)c2ccc3ncnc(NC4CCN(S(=O)(=O)c5ccc(C(=O)NCCC(C)(C)C)cc5)CC4)c3c2)cc1. The Bertz CT molecular complexity index is 2010. The molecule has 10 heteroatoms. The van der Waals surface area contributed by atoms with E-state index in [0.717, 1.165) is 34.3 Å². The predicted molar refractivity (Wildman–Crippen MR) is 201 cm³/mol. The maximum Gasteiger partial charge on any atom is 0.251 e. The number of sulfonamides is 1. The number of nitrogens with zero attached hydrogens (tertiary/aromatic N) is 3. The second kappa shape index (κ2) is 14.9. The molecule has 2 N–H and O–H groups in total. The van der Waals surface area contributed by atoms with E-state index in [1.807, 2.05) is 18.2 Å². The Morgan fingerprint density at radius 1 is 0.880 bits per heavy atom. The molecule has 8 nitrogen and oxygen atoms in total. The summed E-state index contributed by atoms with van der Waals surface area (Å²) in [5.74, 6) is 0.508. The highest BCUT2D eigenvalue weighted by Gasteiger charge is 2.30. The van der Waals surface area contributed by atoms with Crippen LogP contribution in [0.5, 0.6) is 0 Å². The molecule has 1 amide bonds. The molecule has 0 aliphatic carbocycles. The highest BCUT2D eigenvalue weighted by atomic mass is 35.5. The van der Waals surface area contributed by atoms with E-state index >= 15 is 0 Å². The van der Waals surface area contributed by atoms with Gasteiger partial charge in [0.2, 0.25) is 10.0 Å². The smallest absolute Gasteiger partial charge is 0.251 e. The maximum absolute atomic E-state index is 13.5. The predicted octanol–water partition coefficient (Wildman–Crippen LogP) is 8.20. The summed E-state index contributed by atoms with van der Waals surface area (Å²) >= 11 is 6.25. The van der Waals surface area contributed by atoms with Gasteiger partial charge in [0.25, 0.3) is 5.91 Å². The fourth-order valence-corrected chi connectivity index (χ4v) is 7.97. The molecule has 1 aliphatic rings. The number of aromatic nitrogens is 2. The summed E-state index contributed by atoms with van der Waals surface area (Å²) in [6, 6.07) is 29.1. The molecule has 2 heterocycles. The summed E-state index contributed by atoms with van der Waals surface area (Å²) < 4.78 is 28.6. The van der Waals surface area contributed by atoms with E-state index in [2.05, 4.69) is 96.8 Å². The Labute approximate surface area is 300 Å². The van der Waals surface area contributed by atoms with Crippen LogP contribution in [0.2, 0.25) is 5.02 Å². The van der Waals surface area contributed by atoms with Crippen LogP contribution in [0.4, 0.5) is 5.82 Å². The van der Waals surface area contributed by atoms with Crippen LogP contribution in [0, 0.1) is 12.3 Å². The van der Waals surface area contributed by atoms with Crippen LogP contribution < -0.4 is 10.6 Å². The van der Waals surface area contributed by atoms with Crippen molar-refractivity contribution in [1.29, 1.82) is 0 Å². The van der Waals surface area contributed by atoms with Crippen molar-refractivity contribution in [1.82, 2.24) is 19.6 Å². The summed E-state index contributed by atoms with van der Waals surface area (Å²) in [6.45, 7) is 9.76. The summed E-state index contributed by atoms with van der Waals surface area (Å²) in [5, 5.41) is 8.13. The van der Waals surface area contributed by atoms with E-state index in [1.165, 1.54) is 27.6 Å². The second-order valence-corrected chi connectivity index (χ2v) is 16.7. The molecule has 260 valence electrons. The average molecular weight is 710 g/mol. The lowest BCUT2D eigenvalue weighted by molar-refractivity contribution is 0.0949. The first-order valence-electron chi connectivity index (χ1n) is 17.1. The molecule has 50 heavy (non-hydrogen) atoms. The third-order valence-electron chi connectivity index (χ3n) is 9.32. The molecule has 1 aliphatic heterocycles. The van der Waals surface area contributed by atoms with Gasteiger partial charge in [-0.1, -0.05) is 80.4 Å². The number of amides is 1. The first-order valence-corrected chi connectivity index (χ1v) is 18.9. The normalized spacial score (nSPS) is 15.1. The number of halogens is 1. The number of nitrogens with one attached hydrogen (secondary N) is 2. The summed E-state index contributed by atoms with van der Waals surface area (Å²) in [5.41, 5.74) is 6.00. The molecule has 1 atom stereocenters. The zero-order valence-corrected chi connectivity index (χ0v) is 30.6. The number of benzene rings is 4. The lowest BCUT2D eigenvalue weighted by Gasteiger charge is -2.32. The first-order chi connectivity index (χ1) is 23.9. The Morgan fingerprint density at radius 2 is 1.50 bits per heavy atom. The number of aryl methyl sites for hydroxylation is 1. The lowest BCUT2D eigenvalue weighted by atomic mass is 9.84. The number of carbonyl (C=O) groups is 1. The Balaban J connectivity index is 1.15. The number of rotatable bonds is 10. The van der Waals surface area contributed by atoms with Gasteiger partial charge in [-0.15, -0.1) is 0 Å². The highest BCUT2D eigenvalue weighted by Crippen LogP contribution is 2.35. The standard InChI is InChI=1S/C40H44ClN5O3S/c1-27-5-7-28(8-6-27)37(29-9-14-32(41)15-10-29)31-13-18-36-35(25-31)38(44-26-43-36)45-33-19-23-46(24-20-33)50(48,49)34-16-11-30(12-17-34)39(47)42-22-21-40(2,3)4/h5-18,25-26,33,37H,19-24H2,1-4H3,(H,42,47)(H,43,44,45). The minimum atomic E-state index is -3.71. The molecule has 1 aromatic heterocycles. The molecule has 0 radical (unpaired) electrons. The number of hydrogen-bond acceptors (Lipinski definition) is 6. The fraction of sp³-hybridized carbons (Fsp3) is 0.325. The molecular formula is C40H44ClN5O3S. The van der Waals surface area contributed by atoms with Crippen molar-refractivity contribution in [2.45, 2.75) is 63.8 Å². The van der Waals surface area contributed by atoms with Crippen molar-refractivity contribution in [2.24, 2.45) is 5.41 Å². The first kappa shape index (κ1) is 35.5. The Hall–Kier alpha value is -4.31. The van der Waals surface area contributed by atoms with Crippen molar-refractivity contribution in [3.63, 3.8) is 0 Å². The van der Waals surface area contributed by atoms with E-state index in [-0.39, 0.29) is 28.2 Å². The Morgan fingerprint density at radius 3 is 2.14 bits per heavy atom. The van der Waals surface area contributed by atoms with Gasteiger partial charge in [0, 0.05) is 47.6 Å². The van der Waals surface area contributed by atoms with Gasteiger partial charge < -0.3 is 10.6 Å². The molecule has 4 aromatic carbocycles. The third kappa shape index (κ3) is 8.34. The van der Waals surface area contributed by atoms with Crippen molar-refractivity contribution >= 4 is 44.3 Å². The topological polar surface area (TPSA) is 104 Å². The zero-order valence-electron chi connectivity index (χ0n) is 29.0. The van der Waals surface area contributed by atoms with Crippen LogP contribution in [0.3, 0.4) is 0 Å². The van der Waals surface area contributed by atoms with Crippen LogP contribution in [0.1, 0.15) is 78.6 Å². The van der Waals surface area contributed by atoms with E-state index in [9.17, 15) is 13.2 Å². The number of anilines is 1. The Kier molecular flexibility index (Phi) is 10.6. The largest absolute Gasteiger partial charge is 0.367 e. The lowest BCUT2D eigenvalue weighted by Crippen LogP contribution is -2.42. The van der Waals surface area contributed by atoms with Crippen LogP contribution >= 0.6 is 11.6 Å². The van der Waals surface area contributed by atoms with Gasteiger partial charge in [-0.2, -0.15) is 4.31 Å². The van der Waals surface area contributed by atoms with E-state index < -0.39 is 10.0 Å². The number of hydrogen-bond donors (Lipinski definition) is 2. The summed E-state index contributed by atoms with van der Waals surface area (Å²) in [7, 11) is -3.71. The van der Waals surface area contributed by atoms with Gasteiger partial charge in [0.1, 0.15) is 12.1 Å². The van der Waals surface area contributed by atoms with Crippen molar-refractivity contribution in [3.8, 4) is 0 Å². The summed E-state index contributed by atoms with van der Waals surface area (Å²) in [4.78, 5) is 21.9. The molecule has 1 fully saturated rings. The molecule has 0 spiro atoms. The van der Waals surface area contributed by atoms with Gasteiger partial charge in [-0.25, -0.2) is 18.4 Å². The third-order valence-corrected chi connectivity index (χ3v) is 11.5. The van der Waals surface area contributed by atoms with Crippen molar-refractivity contribution in [3.05, 3.63) is 130 Å². The zero-order chi connectivity index (χ0) is 35.5. The van der Waals surface area contributed by atoms with E-state index in [4.69, 9.17) is 11.6 Å². The van der Waals surface area contributed by atoms with Crippen molar-refractivity contribution < 1.29 is 13.2 Å². The van der Waals surface area contributed by atoms with Gasteiger partial charge in [-0.3, -0.25) is 4.79 Å². The highest BCUT2D eigenvalue weighted by molar-refractivity contribution is 7.89. The summed E-state index contributed by atoms with van der Waals surface area (Å²) in [6.07, 6.45) is 3.66. The molecular weight excluding hydrogens is 666 g/mol. The van der Waals surface area contributed by atoms with Gasteiger partial charge in [-0.05, 0) is 96.8 Å². The monoisotopic (exact) mass is 709 g/mol. The van der Waals surface area contributed by atoms with Crippen molar-refractivity contribution in [2.75, 3.05) is 25.0 Å². The van der Waals surface area contributed by atoms with Gasteiger partial charge in [0.05, 0.1) is 10.4 Å². The second-order valence-electron chi connectivity index (χ2n) is 14.3. The molecule has 0 bridgehead atoms. The quantitative estimate of drug-likeness (QED) is 0.142. The van der Waals surface area contributed by atoms with Crippen LogP contribution in [-0.2, 0) is 10.0 Å². The molecule has 1 unspecified atom stereocenters. The van der Waals surface area contributed by atoms with E-state index in [1.54, 1.807) is 18.5 Å². The number of piperidine rings is 1. The molecule has 1 saturated heterocycles. The van der Waals surface area contributed by atoms with Crippen LogP contribution in [0.25, 0.3) is 10.9 Å². The molecule has 0 saturated carbocycles. The molecule has 6 rings (SSSR count). The van der Waals surface area contributed by atoms with Gasteiger partial charge >= 0.3 is 0 Å². The van der Waals surface area contributed by atoms with Crippen LogP contribution in [0.15, 0.2) is 102 Å². The number of carbonyl (C=O) groups excluding carboxylic acids is 1. The number of fused-ring (bicyclic) bond motifs is 1. The fourth-order valence-electron chi connectivity index (χ4n) is 6.37. The van der Waals surface area contributed by atoms with Gasteiger partial charge in [0.15, 0.2) is 0 Å². The maximum atomic E-state index is 13.5. The van der Waals surface area contributed by atoms with E-state index in [0.29, 0.717) is 43.1 Å². The minimum absolute atomic E-state index is 0.0179.